The zero-order valence-electron chi connectivity index (χ0n) is 18.5. The maximum Gasteiger partial charge on any atom is 0.326 e. The summed E-state index contributed by atoms with van der Waals surface area (Å²) in [6.45, 7) is 0. The maximum absolute atomic E-state index is 13.5. The van der Waals surface area contributed by atoms with E-state index in [4.69, 9.17) is 0 Å². The number of imidazole rings is 1. The molecule has 1 aromatic heterocycles. The van der Waals surface area contributed by atoms with Crippen molar-refractivity contribution in [1.82, 2.24) is 14.9 Å². The minimum absolute atomic E-state index is 0.322. The summed E-state index contributed by atoms with van der Waals surface area (Å²) in [4.78, 5) is 28.9. The first kappa shape index (κ1) is 24.3. The molecule has 1 heterocycles. The Kier molecular flexibility index (Phi) is 8.43. The van der Waals surface area contributed by atoms with Gasteiger partial charge in [-0.2, -0.15) is 11.8 Å². The number of nitrogens with zero attached hydrogens (tertiary/aromatic N) is 2. The lowest BCUT2D eigenvalue weighted by atomic mass is 9.96. The number of thioether (sulfide) groups is 1. The molecule has 8 heteroatoms. The van der Waals surface area contributed by atoms with Crippen LogP contribution in [0.15, 0.2) is 60.9 Å². The number of carboxylic acids is 1. The Morgan fingerprint density at radius 2 is 2.00 bits per heavy atom. The Balaban J connectivity index is 1.90. The van der Waals surface area contributed by atoms with Gasteiger partial charge in [0, 0.05) is 31.4 Å². The summed E-state index contributed by atoms with van der Waals surface area (Å²) < 4.78 is 15.4. The van der Waals surface area contributed by atoms with E-state index in [0.717, 1.165) is 11.4 Å². The van der Waals surface area contributed by atoms with E-state index in [2.05, 4.69) is 10.3 Å². The number of aromatic nitrogens is 2. The first-order valence-corrected chi connectivity index (χ1v) is 11.8. The fourth-order valence-electron chi connectivity index (χ4n) is 3.35. The van der Waals surface area contributed by atoms with Crippen LogP contribution in [0.5, 0.6) is 0 Å². The van der Waals surface area contributed by atoms with Gasteiger partial charge in [0.25, 0.3) is 5.91 Å². The molecule has 0 radical (unpaired) electrons. The van der Waals surface area contributed by atoms with E-state index >= 15 is 0 Å². The maximum atomic E-state index is 13.5. The molecule has 2 N–H and O–H groups in total. The van der Waals surface area contributed by atoms with Crippen molar-refractivity contribution in [2.24, 2.45) is 7.05 Å². The molecule has 0 aliphatic rings. The van der Waals surface area contributed by atoms with Gasteiger partial charge in [-0.05, 0) is 59.4 Å². The zero-order valence-corrected chi connectivity index (χ0v) is 19.3. The largest absolute Gasteiger partial charge is 0.480 e. The molecule has 2 aromatic carbocycles. The molecule has 0 aliphatic heterocycles. The molecule has 3 rings (SSSR count). The molecule has 0 bridgehead atoms. The highest BCUT2D eigenvalue weighted by molar-refractivity contribution is 7.98. The molecule has 3 aromatic rings. The number of carbonyl (C=O) groups is 2. The number of carbonyl (C=O) groups excluding carboxylic acids is 1. The molecule has 172 valence electrons. The first-order chi connectivity index (χ1) is 15.9. The van der Waals surface area contributed by atoms with E-state index in [-0.39, 0.29) is 5.82 Å². The van der Waals surface area contributed by atoms with Crippen molar-refractivity contribution in [2.75, 3.05) is 12.0 Å². The van der Waals surface area contributed by atoms with Crippen molar-refractivity contribution >= 4 is 29.7 Å². The number of allylic oxidation sites excluding steroid dienone is 1. The van der Waals surface area contributed by atoms with Crippen LogP contribution in [-0.4, -0.2) is 44.6 Å². The third-order valence-corrected chi connectivity index (χ3v) is 5.83. The van der Waals surface area contributed by atoms with Gasteiger partial charge < -0.3 is 15.0 Å². The van der Waals surface area contributed by atoms with Crippen molar-refractivity contribution in [2.45, 2.75) is 18.9 Å². The number of aryl methyl sites for hydroxylation is 1. The average molecular weight is 468 g/mol. The van der Waals surface area contributed by atoms with Gasteiger partial charge in [-0.3, -0.25) is 4.79 Å². The monoisotopic (exact) mass is 467 g/mol. The summed E-state index contributed by atoms with van der Waals surface area (Å²) in [5.41, 5.74) is 2.45. The zero-order chi connectivity index (χ0) is 23.8. The average Bonchev–Trinajstić information content (AvgIpc) is 3.21. The van der Waals surface area contributed by atoms with Crippen molar-refractivity contribution < 1.29 is 19.1 Å². The molecule has 0 spiro atoms. The SMILES string of the molecule is CSCC[C@H](NC(=O)c1ccc(C=CCc2nccn2C)cc1-c1ccc(F)cc1)C(=O)O. The third kappa shape index (κ3) is 6.55. The lowest BCUT2D eigenvalue weighted by Crippen LogP contribution is -2.41. The standard InChI is InChI=1S/C25H26FN3O3S/c1-29-14-13-27-23(29)5-3-4-17-6-11-20(21(16-17)18-7-9-19(26)10-8-18)24(30)28-22(25(31)32)12-15-33-2/h3-4,6-11,13-14,16,22H,5,12,15H2,1-2H3,(H,28,30)(H,31,32)/t22-/m0/s1. The number of halogens is 1. The molecule has 0 aliphatic carbocycles. The van der Waals surface area contributed by atoms with Gasteiger partial charge >= 0.3 is 5.97 Å². The van der Waals surface area contributed by atoms with Crippen molar-refractivity contribution in [3.05, 3.63) is 83.7 Å². The van der Waals surface area contributed by atoms with Gasteiger partial charge in [0.05, 0.1) is 0 Å². The molecule has 6 nitrogen and oxygen atoms in total. The van der Waals surface area contributed by atoms with Crippen LogP contribution in [0.3, 0.4) is 0 Å². The minimum Gasteiger partial charge on any atom is -0.480 e. The van der Waals surface area contributed by atoms with E-state index in [0.29, 0.717) is 35.3 Å². The molecule has 1 amide bonds. The second-order valence-electron chi connectivity index (χ2n) is 7.52. The Morgan fingerprint density at radius 1 is 1.24 bits per heavy atom. The van der Waals surface area contributed by atoms with E-state index in [1.807, 2.05) is 42.3 Å². The molecule has 0 saturated heterocycles. The van der Waals surface area contributed by atoms with Crippen LogP contribution < -0.4 is 5.32 Å². The van der Waals surface area contributed by atoms with Gasteiger partial charge in [0.1, 0.15) is 17.7 Å². The number of hydrogen-bond acceptors (Lipinski definition) is 4. The molecule has 33 heavy (non-hydrogen) atoms. The Labute approximate surface area is 196 Å². The normalized spacial score (nSPS) is 12.1. The lowest BCUT2D eigenvalue weighted by molar-refractivity contribution is -0.139. The number of nitrogens with one attached hydrogen (secondary N) is 1. The predicted octanol–water partition coefficient (Wildman–Crippen LogP) is 4.42. The predicted molar refractivity (Wildman–Crippen MR) is 130 cm³/mol. The summed E-state index contributed by atoms with van der Waals surface area (Å²) in [7, 11) is 1.93. The van der Waals surface area contributed by atoms with E-state index in [1.165, 1.54) is 23.9 Å². The summed E-state index contributed by atoms with van der Waals surface area (Å²) in [5, 5.41) is 12.1. The quantitative estimate of drug-likeness (QED) is 0.461. The van der Waals surface area contributed by atoms with Crippen LogP contribution in [0.25, 0.3) is 17.2 Å². The second kappa shape index (κ2) is 11.5. The highest BCUT2D eigenvalue weighted by atomic mass is 32.2. The molecule has 0 unspecified atom stereocenters. The summed E-state index contributed by atoms with van der Waals surface area (Å²) in [6.07, 6.45) is 10.4. The Hall–Kier alpha value is -3.39. The smallest absolute Gasteiger partial charge is 0.326 e. The van der Waals surface area contributed by atoms with Crippen LogP contribution in [0, 0.1) is 5.82 Å². The van der Waals surface area contributed by atoms with Crippen LogP contribution in [0.1, 0.15) is 28.2 Å². The number of aliphatic carboxylic acids is 1. The number of rotatable bonds is 10. The summed E-state index contributed by atoms with van der Waals surface area (Å²) in [6, 6.07) is 10.2. The van der Waals surface area contributed by atoms with Crippen molar-refractivity contribution in [3.63, 3.8) is 0 Å². The highest BCUT2D eigenvalue weighted by Crippen LogP contribution is 2.26. The summed E-state index contributed by atoms with van der Waals surface area (Å²) in [5.74, 6) is -0.396. The molecule has 0 saturated carbocycles. The molecule has 1 atom stereocenters. The van der Waals surface area contributed by atoms with Gasteiger partial charge in [0.15, 0.2) is 0 Å². The fourth-order valence-corrected chi connectivity index (χ4v) is 3.83. The van der Waals surface area contributed by atoms with Crippen LogP contribution >= 0.6 is 11.8 Å². The van der Waals surface area contributed by atoms with Crippen LogP contribution in [0.2, 0.25) is 0 Å². The van der Waals surface area contributed by atoms with E-state index < -0.39 is 17.9 Å². The number of carboxylic acid groups (broad SMARTS) is 1. The number of amides is 1. The highest BCUT2D eigenvalue weighted by Gasteiger charge is 2.22. The minimum atomic E-state index is -1.07. The summed E-state index contributed by atoms with van der Waals surface area (Å²) >= 11 is 1.52. The number of hydrogen-bond donors (Lipinski definition) is 2. The third-order valence-electron chi connectivity index (χ3n) is 5.19. The molecular formula is C25H26FN3O3S. The second-order valence-corrected chi connectivity index (χ2v) is 8.50. The lowest BCUT2D eigenvalue weighted by Gasteiger charge is -2.16. The number of benzene rings is 2. The van der Waals surface area contributed by atoms with Gasteiger partial charge in [-0.1, -0.05) is 30.4 Å². The first-order valence-electron chi connectivity index (χ1n) is 10.4. The van der Waals surface area contributed by atoms with Crippen LogP contribution in [-0.2, 0) is 18.3 Å². The van der Waals surface area contributed by atoms with Gasteiger partial charge in [-0.25, -0.2) is 14.2 Å². The Morgan fingerprint density at radius 3 is 2.64 bits per heavy atom. The van der Waals surface area contributed by atoms with Crippen LogP contribution in [0.4, 0.5) is 4.39 Å². The van der Waals surface area contributed by atoms with E-state index in [1.54, 1.807) is 30.5 Å². The Bertz CT molecular complexity index is 1140. The van der Waals surface area contributed by atoms with Gasteiger partial charge in [-0.15, -0.1) is 0 Å². The van der Waals surface area contributed by atoms with E-state index in [9.17, 15) is 19.1 Å². The van der Waals surface area contributed by atoms with Gasteiger partial charge in [0.2, 0.25) is 0 Å². The van der Waals surface area contributed by atoms with Crippen molar-refractivity contribution in [1.29, 1.82) is 0 Å². The van der Waals surface area contributed by atoms with Crippen molar-refractivity contribution in [3.8, 4) is 11.1 Å². The molecule has 0 fully saturated rings. The fraction of sp³-hybridized carbons (Fsp3) is 0.240. The topological polar surface area (TPSA) is 84.2 Å². The molecular weight excluding hydrogens is 441 g/mol.